The molecule has 0 fully saturated rings. The van der Waals surface area contributed by atoms with Crippen LogP contribution in [0.5, 0.6) is 0 Å². The first-order valence-electron chi connectivity index (χ1n) is 6.43. The Kier molecular flexibility index (Phi) is 4.45. The maximum atomic E-state index is 12.0. The van der Waals surface area contributed by atoms with Crippen LogP contribution in [0.15, 0.2) is 22.8 Å². The quantitative estimate of drug-likeness (QED) is 0.932. The van der Waals surface area contributed by atoms with Gasteiger partial charge in [0.25, 0.3) is 0 Å². The molecule has 1 aromatic carbocycles. The highest BCUT2D eigenvalue weighted by Gasteiger charge is 2.10. The SMILES string of the molecule is Cc1cc(C)c(NC(=O)CCc2coc(C)n2)c(Cl)c1. The van der Waals surface area contributed by atoms with Gasteiger partial charge in [-0.15, -0.1) is 0 Å². The van der Waals surface area contributed by atoms with Crippen LogP contribution in [0.4, 0.5) is 5.69 Å². The Morgan fingerprint density at radius 2 is 2.10 bits per heavy atom. The number of rotatable bonds is 4. The Hall–Kier alpha value is -1.81. The fourth-order valence-electron chi connectivity index (χ4n) is 2.04. The molecule has 0 saturated carbocycles. The van der Waals surface area contributed by atoms with Crippen LogP contribution in [-0.2, 0) is 11.2 Å². The molecule has 2 aromatic rings. The summed E-state index contributed by atoms with van der Waals surface area (Å²) in [4.78, 5) is 16.1. The van der Waals surface area contributed by atoms with Crippen molar-refractivity contribution in [3.8, 4) is 0 Å². The van der Waals surface area contributed by atoms with Crippen molar-refractivity contribution in [3.05, 3.63) is 46.1 Å². The number of hydrogen-bond donors (Lipinski definition) is 1. The van der Waals surface area contributed by atoms with E-state index in [0.29, 0.717) is 29.4 Å². The van der Waals surface area contributed by atoms with Gasteiger partial charge in [-0.05, 0) is 31.0 Å². The number of carbonyl (C=O) groups excluding carboxylic acids is 1. The van der Waals surface area contributed by atoms with Crippen LogP contribution in [0.3, 0.4) is 0 Å². The normalized spacial score (nSPS) is 10.6. The molecule has 1 aromatic heterocycles. The van der Waals surface area contributed by atoms with Crippen LogP contribution in [0.2, 0.25) is 5.02 Å². The lowest BCUT2D eigenvalue weighted by atomic mass is 10.1. The minimum Gasteiger partial charge on any atom is -0.449 e. The van der Waals surface area contributed by atoms with Gasteiger partial charge in [0.1, 0.15) is 6.26 Å². The first-order valence-corrected chi connectivity index (χ1v) is 6.81. The van der Waals surface area contributed by atoms with Crippen molar-refractivity contribution in [1.29, 1.82) is 0 Å². The second-order valence-corrected chi connectivity index (χ2v) is 5.25. The van der Waals surface area contributed by atoms with Gasteiger partial charge in [-0.25, -0.2) is 4.98 Å². The number of nitrogens with zero attached hydrogens (tertiary/aromatic N) is 1. The van der Waals surface area contributed by atoms with E-state index in [1.807, 2.05) is 26.0 Å². The number of amides is 1. The standard InChI is InChI=1S/C15H17ClN2O2/c1-9-6-10(2)15(13(16)7-9)18-14(19)5-4-12-8-20-11(3)17-12/h6-8H,4-5H2,1-3H3,(H,18,19). The lowest BCUT2D eigenvalue weighted by Gasteiger charge is -2.11. The smallest absolute Gasteiger partial charge is 0.224 e. The molecule has 1 amide bonds. The average molecular weight is 293 g/mol. The monoisotopic (exact) mass is 292 g/mol. The van der Waals surface area contributed by atoms with Crippen LogP contribution in [0.25, 0.3) is 0 Å². The number of anilines is 1. The molecule has 0 bridgehead atoms. The number of nitrogens with one attached hydrogen (secondary N) is 1. The van der Waals surface area contributed by atoms with E-state index >= 15 is 0 Å². The molecule has 0 unspecified atom stereocenters. The third-order valence-electron chi connectivity index (χ3n) is 2.97. The molecule has 1 heterocycles. The summed E-state index contributed by atoms with van der Waals surface area (Å²) in [6, 6.07) is 3.83. The Morgan fingerprint density at radius 1 is 1.35 bits per heavy atom. The number of halogens is 1. The van der Waals surface area contributed by atoms with Crippen molar-refractivity contribution < 1.29 is 9.21 Å². The molecule has 0 atom stereocenters. The fraction of sp³-hybridized carbons (Fsp3) is 0.333. The minimum absolute atomic E-state index is 0.0838. The summed E-state index contributed by atoms with van der Waals surface area (Å²) in [6.45, 7) is 5.67. The van der Waals surface area contributed by atoms with Gasteiger partial charge >= 0.3 is 0 Å². The summed E-state index contributed by atoms with van der Waals surface area (Å²) >= 11 is 6.16. The van der Waals surface area contributed by atoms with Crippen molar-refractivity contribution in [1.82, 2.24) is 4.98 Å². The Balaban J connectivity index is 1.98. The zero-order chi connectivity index (χ0) is 14.7. The van der Waals surface area contributed by atoms with Crippen LogP contribution in [0.1, 0.15) is 29.1 Å². The van der Waals surface area contributed by atoms with Crippen molar-refractivity contribution in [2.24, 2.45) is 0 Å². The lowest BCUT2D eigenvalue weighted by molar-refractivity contribution is -0.116. The predicted molar refractivity (Wildman–Crippen MR) is 79.1 cm³/mol. The molecule has 0 aliphatic rings. The van der Waals surface area contributed by atoms with Gasteiger partial charge in [0, 0.05) is 19.8 Å². The molecule has 0 aliphatic heterocycles. The summed E-state index contributed by atoms with van der Waals surface area (Å²) < 4.78 is 5.10. The molecule has 0 saturated heterocycles. The first-order chi connectivity index (χ1) is 9.45. The van der Waals surface area contributed by atoms with Crippen LogP contribution in [-0.4, -0.2) is 10.9 Å². The zero-order valence-electron chi connectivity index (χ0n) is 11.8. The first kappa shape index (κ1) is 14.6. The Labute approximate surface area is 123 Å². The number of carbonyl (C=O) groups is 1. The highest BCUT2D eigenvalue weighted by Crippen LogP contribution is 2.27. The van der Waals surface area contributed by atoms with E-state index in [1.54, 1.807) is 13.2 Å². The van der Waals surface area contributed by atoms with E-state index in [-0.39, 0.29) is 5.91 Å². The average Bonchev–Trinajstić information content (AvgIpc) is 2.77. The molecule has 2 rings (SSSR count). The maximum absolute atomic E-state index is 12.0. The predicted octanol–water partition coefficient (Wildman–Crippen LogP) is 3.82. The Morgan fingerprint density at radius 3 is 2.70 bits per heavy atom. The van der Waals surface area contributed by atoms with E-state index in [2.05, 4.69) is 10.3 Å². The molecule has 5 heteroatoms. The van der Waals surface area contributed by atoms with Gasteiger partial charge in [0.15, 0.2) is 5.89 Å². The number of benzene rings is 1. The van der Waals surface area contributed by atoms with Crippen molar-refractivity contribution in [3.63, 3.8) is 0 Å². The van der Waals surface area contributed by atoms with Crippen LogP contribution < -0.4 is 5.32 Å². The summed E-state index contributed by atoms with van der Waals surface area (Å²) in [5, 5.41) is 3.42. The minimum atomic E-state index is -0.0838. The lowest BCUT2D eigenvalue weighted by Crippen LogP contribution is -2.13. The molecular formula is C15H17ClN2O2. The number of aromatic nitrogens is 1. The molecule has 4 nitrogen and oxygen atoms in total. The number of aryl methyl sites for hydroxylation is 4. The van der Waals surface area contributed by atoms with Gasteiger partial charge in [-0.3, -0.25) is 4.79 Å². The van der Waals surface area contributed by atoms with Gasteiger partial charge in [0.2, 0.25) is 5.91 Å². The van der Waals surface area contributed by atoms with E-state index in [4.69, 9.17) is 16.0 Å². The van der Waals surface area contributed by atoms with E-state index in [1.165, 1.54) is 0 Å². The molecule has 20 heavy (non-hydrogen) atoms. The third-order valence-corrected chi connectivity index (χ3v) is 3.27. The fourth-order valence-corrected chi connectivity index (χ4v) is 2.41. The molecule has 1 N–H and O–H groups in total. The van der Waals surface area contributed by atoms with Crippen molar-refractivity contribution >= 4 is 23.2 Å². The summed E-state index contributed by atoms with van der Waals surface area (Å²) in [5.74, 6) is 0.525. The third kappa shape index (κ3) is 3.61. The molecule has 0 radical (unpaired) electrons. The molecule has 0 aliphatic carbocycles. The zero-order valence-corrected chi connectivity index (χ0v) is 12.5. The second-order valence-electron chi connectivity index (χ2n) is 4.84. The second kappa shape index (κ2) is 6.09. The summed E-state index contributed by atoms with van der Waals surface area (Å²) in [6.07, 6.45) is 2.47. The van der Waals surface area contributed by atoms with E-state index in [0.717, 1.165) is 16.8 Å². The number of oxazole rings is 1. The summed E-state index contributed by atoms with van der Waals surface area (Å²) in [7, 11) is 0. The van der Waals surface area contributed by atoms with Gasteiger partial charge in [-0.1, -0.05) is 17.7 Å². The van der Waals surface area contributed by atoms with E-state index in [9.17, 15) is 4.79 Å². The maximum Gasteiger partial charge on any atom is 0.224 e. The van der Waals surface area contributed by atoms with Crippen molar-refractivity contribution in [2.45, 2.75) is 33.6 Å². The van der Waals surface area contributed by atoms with Gasteiger partial charge in [0.05, 0.1) is 16.4 Å². The van der Waals surface area contributed by atoms with Gasteiger partial charge in [-0.2, -0.15) is 0 Å². The largest absolute Gasteiger partial charge is 0.449 e. The summed E-state index contributed by atoms with van der Waals surface area (Å²) in [5.41, 5.74) is 3.49. The molecular weight excluding hydrogens is 276 g/mol. The number of hydrogen-bond acceptors (Lipinski definition) is 3. The Bertz CT molecular complexity index is 612. The topological polar surface area (TPSA) is 55.1 Å². The van der Waals surface area contributed by atoms with E-state index < -0.39 is 0 Å². The van der Waals surface area contributed by atoms with Crippen LogP contribution in [0, 0.1) is 20.8 Å². The molecule has 106 valence electrons. The molecule has 0 spiro atoms. The highest BCUT2D eigenvalue weighted by atomic mass is 35.5. The van der Waals surface area contributed by atoms with Crippen molar-refractivity contribution in [2.75, 3.05) is 5.32 Å². The highest BCUT2D eigenvalue weighted by molar-refractivity contribution is 6.34. The van der Waals surface area contributed by atoms with Crippen LogP contribution >= 0.6 is 11.6 Å². The van der Waals surface area contributed by atoms with Gasteiger partial charge < -0.3 is 9.73 Å².